The number of nitrogens with one attached hydrogen (secondary N) is 2. The molecule has 0 bridgehead atoms. The van der Waals surface area contributed by atoms with Gasteiger partial charge in [0.15, 0.2) is 0 Å². The highest BCUT2D eigenvalue weighted by Crippen LogP contribution is 2.37. The van der Waals surface area contributed by atoms with Gasteiger partial charge in [-0.15, -0.1) is 5.10 Å². The first-order chi connectivity index (χ1) is 30.3. The molecule has 0 fully saturated rings. The topological polar surface area (TPSA) is 163 Å². The lowest BCUT2D eigenvalue weighted by Gasteiger charge is -2.17. The SMILES string of the molecule is Clc1ccc2c(c1)CCc1cccnc1C#C2.O=C(Cn1nnc2c1-c1ncccc1CCc1cc(Cl)ccc1-2)NCc1ccccc1.[N-]=[N+]=NCC(=O)NCc1ccccc1. The van der Waals surface area contributed by atoms with E-state index in [-0.39, 0.29) is 24.9 Å². The summed E-state index contributed by atoms with van der Waals surface area (Å²) in [6, 6.07) is 39.1. The number of aromatic nitrogens is 5. The van der Waals surface area contributed by atoms with Crippen molar-refractivity contribution in [1.82, 2.24) is 35.6 Å². The highest BCUT2D eigenvalue weighted by Gasteiger charge is 2.25. The van der Waals surface area contributed by atoms with Gasteiger partial charge in [-0.3, -0.25) is 14.6 Å². The number of nitrogens with zero attached hydrogens (tertiary/aromatic N) is 8. The van der Waals surface area contributed by atoms with Crippen molar-refractivity contribution in [2.45, 2.75) is 45.3 Å². The van der Waals surface area contributed by atoms with E-state index in [2.05, 4.69) is 64.9 Å². The third-order valence-corrected chi connectivity index (χ3v) is 10.5. The van der Waals surface area contributed by atoms with Crippen molar-refractivity contribution in [2.24, 2.45) is 5.11 Å². The maximum atomic E-state index is 12.7. The van der Waals surface area contributed by atoms with Crippen LogP contribution < -0.4 is 10.6 Å². The van der Waals surface area contributed by atoms with Crippen molar-refractivity contribution in [3.05, 3.63) is 199 Å². The third kappa shape index (κ3) is 11.5. The molecule has 14 heteroatoms. The molecule has 0 aliphatic heterocycles. The van der Waals surface area contributed by atoms with Gasteiger partial charge in [0.25, 0.3) is 0 Å². The van der Waals surface area contributed by atoms with E-state index in [9.17, 15) is 9.59 Å². The number of amides is 2. The van der Waals surface area contributed by atoms with E-state index in [1.54, 1.807) is 17.1 Å². The molecule has 3 aromatic heterocycles. The third-order valence-electron chi connectivity index (χ3n) is 10.0. The van der Waals surface area contributed by atoms with Gasteiger partial charge in [0.05, 0.1) is 5.69 Å². The van der Waals surface area contributed by atoms with E-state index in [0.29, 0.717) is 18.1 Å². The molecule has 0 saturated heterocycles. The van der Waals surface area contributed by atoms with Gasteiger partial charge in [-0.25, -0.2) is 9.67 Å². The summed E-state index contributed by atoms with van der Waals surface area (Å²) in [4.78, 5) is 35.1. The Morgan fingerprint density at radius 1 is 0.677 bits per heavy atom. The largest absolute Gasteiger partial charge is 0.352 e. The van der Waals surface area contributed by atoms with Gasteiger partial charge < -0.3 is 10.6 Å². The van der Waals surface area contributed by atoms with Crippen LogP contribution >= 0.6 is 23.2 Å². The molecule has 62 heavy (non-hydrogen) atoms. The fourth-order valence-electron chi connectivity index (χ4n) is 6.94. The van der Waals surface area contributed by atoms with Gasteiger partial charge in [-0.05, 0) is 113 Å². The minimum Gasteiger partial charge on any atom is -0.352 e. The van der Waals surface area contributed by atoms with Gasteiger partial charge in [0, 0.05) is 51.6 Å². The molecule has 4 aromatic carbocycles. The van der Waals surface area contributed by atoms with Gasteiger partial charge in [-0.1, -0.05) is 118 Å². The summed E-state index contributed by atoms with van der Waals surface area (Å²) < 4.78 is 1.64. The van der Waals surface area contributed by atoms with E-state index in [0.717, 1.165) is 86.9 Å². The lowest BCUT2D eigenvalue weighted by Crippen LogP contribution is -2.28. The molecule has 3 heterocycles. The van der Waals surface area contributed by atoms with E-state index >= 15 is 0 Å². The highest BCUT2D eigenvalue weighted by atomic mass is 35.5. The molecule has 308 valence electrons. The summed E-state index contributed by atoms with van der Waals surface area (Å²) in [7, 11) is 0. The first kappa shape index (κ1) is 42.8. The maximum absolute atomic E-state index is 12.7. The first-order valence-corrected chi connectivity index (χ1v) is 20.6. The Hall–Kier alpha value is -7.29. The van der Waals surface area contributed by atoms with Crippen molar-refractivity contribution in [3.63, 3.8) is 0 Å². The van der Waals surface area contributed by atoms with Crippen LogP contribution in [0.5, 0.6) is 0 Å². The minimum atomic E-state index is -0.272. The van der Waals surface area contributed by atoms with Crippen molar-refractivity contribution in [2.75, 3.05) is 6.54 Å². The number of hydrogen-bond donors (Lipinski definition) is 2. The second-order valence-corrected chi connectivity index (χ2v) is 15.1. The molecule has 0 spiro atoms. The highest BCUT2D eigenvalue weighted by molar-refractivity contribution is 6.31. The second-order valence-electron chi connectivity index (χ2n) is 14.2. The molecule has 9 rings (SSSR count). The lowest BCUT2D eigenvalue weighted by molar-refractivity contribution is -0.122. The first-order valence-electron chi connectivity index (χ1n) is 19.9. The zero-order chi connectivity index (χ0) is 43.1. The number of aryl methyl sites for hydroxylation is 4. The monoisotopic (exact) mass is 858 g/mol. The average Bonchev–Trinajstić information content (AvgIpc) is 3.70. The Labute approximate surface area is 369 Å². The van der Waals surface area contributed by atoms with Gasteiger partial charge in [-0.2, -0.15) is 0 Å². The van der Waals surface area contributed by atoms with Crippen molar-refractivity contribution in [1.29, 1.82) is 0 Å². The Kier molecular flexibility index (Phi) is 14.7. The standard InChI is InChI=1S/C24H20ClN5O.C15H10ClN.C9H10N4O/c25-19-10-11-20-18(13-19)9-8-17-7-4-12-26-22(17)24-23(20)28-29-30(24)15-21(31)27-14-16-5-2-1-3-6-16;16-14-7-5-11-6-8-15-12(2-1-9-17-15)3-4-13(11)10-14;10-13-12-7-9(14)11-6-8-4-2-1-3-5-8/h1-7,10-13H,8-9,14-15H2,(H,27,31);1-2,5,7,9-10H,3-4H2;1-5H,6-7H2,(H,11,14). The minimum absolute atomic E-state index is 0.0636. The average molecular weight is 860 g/mol. The van der Waals surface area contributed by atoms with Gasteiger partial charge in [0.1, 0.15) is 30.2 Å². The molecule has 0 atom stereocenters. The molecule has 0 radical (unpaired) electrons. The van der Waals surface area contributed by atoms with E-state index in [1.807, 2.05) is 109 Å². The van der Waals surface area contributed by atoms with Crippen molar-refractivity contribution >= 4 is 35.0 Å². The van der Waals surface area contributed by atoms with Crippen LogP contribution in [0.4, 0.5) is 0 Å². The number of carbonyl (C=O) groups excluding carboxylic acids is 2. The second kappa shape index (κ2) is 21.3. The number of halogens is 2. The molecule has 0 saturated carbocycles. The maximum Gasteiger partial charge on any atom is 0.242 e. The predicted octanol–water partition coefficient (Wildman–Crippen LogP) is 8.92. The molecule has 2 amide bonds. The van der Waals surface area contributed by atoms with E-state index in [4.69, 9.17) is 28.7 Å². The summed E-state index contributed by atoms with van der Waals surface area (Å²) in [5.74, 6) is 5.91. The number of hydrogen-bond acceptors (Lipinski definition) is 7. The molecule has 12 nitrogen and oxygen atoms in total. The molecule has 0 unspecified atom stereocenters. The molecule has 7 aromatic rings. The number of rotatable bonds is 8. The molecule has 2 N–H and O–H groups in total. The quantitative estimate of drug-likeness (QED) is 0.0671. The van der Waals surface area contributed by atoms with Gasteiger partial charge in [0.2, 0.25) is 11.8 Å². The van der Waals surface area contributed by atoms with Crippen LogP contribution in [0.25, 0.3) is 33.1 Å². The number of carbonyl (C=O) groups is 2. The van der Waals surface area contributed by atoms with Crippen molar-refractivity contribution < 1.29 is 9.59 Å². The Bertz CT molecular complexity index is 2800. The Morgan fingerprint density at radius 2 is 1.29 bits per heavy atom. The number of benzene rings is 4. The van der Waals surface area contributed by atoms with Crippen LogP contribution in [-0.4, -0.2) is 43.3 Å². The van der Waals surface area contributed by atoms with Crippen LogP contribution in [0.15, 0.2) is 139 Å². The van der Waals surface area contributed by atoms with E-state index in [1.165, 1.54) is 11.1 Å². The summed E-state index contributed by atoms with van der Waals surface area (Å²) in [5.41, 5.74) is 19.9. The van der Waals surface area contributed by atoms with Crippen molar-refractivity contribution in [3.8, 4) is 34.5 Å². The van der Waals surface area contributed by atoms with Crippen LogP contribution in [0, 0.1) is 11.8 Å². The Balaban J connectivity index is 0.000000157. The zero-order valence-corrected chi connectivity index (χ0v) is 35.0. The van der Waals surface area contributed by atoms with Crippen LogP contribution in [0.2, 0.25) is 10.0 Å². The smallest absolute Gasteiger partial charge is 0.242 e. The summed E-state index contributed by atoms with van der Waals surface area (Å²) >= 11 is 12.3. The number of fused-ring (bicyclic) bond motifs is 7. The summed E-state index contributed by atoms with van der Waals surface area (Å²) in [6.07, 6.45) is 7.13. The zero-order valence-electron chi connectivity index (χ0n) is 33.5. The summed E-state index contributed by atoms with van der Waals surface area (Å²) in [5, 5.41) is 19.0. The fourth-order valence-corrected chi connectivity index (χ4v) is 7.33. The lowest BCUT2D eigenvalue weighted by atomic mass is 9.92. The van der Waals surface area contributed by atoms with E-state index < -0.39 is 0 Å². The number of pyridine rings is 2. The van der Waals surface area contributed by atoms with Crippen LogP contribution in [0.3, 0.4) is 0 Å². The fraction of sp³-hybridized carbons (Fsp3) is 0.167. The summed E-state index contributed by atoms with van der Waals surface area (Å²) in [6.45, 7) is 0.838. The molecular formula is C48H40Cl2N10O2. The van der Waals surface area contributed by atoms with Crippen LogP contribution in [-0.2, 0) is 54.9 Å². The Morgan fingerprint density at radius 3 is 2.02 bits per heavy atom. The molecule has 2 aliphatic carbocycles. The normalized spacial score (nSPS) is 11.5. The van der Waals surface area contributed by atoms with Gasteiger partial charge >= 0.3 is 0 Å². The number of azide groups is 1. The molecular weight excluding hydrogens is 820 g/mol. The van der Waals surface area contributed by atoms with Crippen LogP contribution in [0.1, 0.15) is 44.6 Å². The predicted molar refractivity (Wildman–Crippen MR) is 241 cm³/mol. The molecule has 2 aliphatic rings.